The van der Waals surface area contributed by atoms with Crippen molar-refractivity contribution >= 4 is 15.7 Å². The molecule has 0 aliphatic carbocycles. The second kappa shape index (κ2) is 6.50. The molecular formula is C13H18N2O5S. The molecule has 0 atom stereocenters. The van der Waals surface area contributed by atoms with Gasteiger partial charge in [0.25, 0.3) is 5.69 Å². The number of sulfonamides is 1. The Labute approximate surface area is 123 Å². The lowest BCUT2D eigenvalue weighted by atomic mass is 10.00. The number of aliphatic hydroxyl groups excluding tert-OH is 1. The van der Waals surface area contributed by atoms with Crippen molar-refractivity contribution in [3.8, 4) is 0 Å². The summed E-state index contributed by atoms with van der Waals surface area (Å²) in [7, 11) is -3.58. The molecule has 2 rings (SSSR count). The van der Waals surface area contributed by atoms with Gasteiger partial charge in [0.2, 0.25) is 10.0 Å². The fraction of sp³-hybridized carbons (Fsp3) is 0.538. The minimum absolute atomic E-state index is 0.0675. The second-order valence-corrected chi connectivity index (χ2v) is 7.14. The van der Waals surface area contributed by atoms with Crippen molar-refractivity contribution in [2.24, 2.45) is 5.92 Å². The molecule has 1 heterocycles. The topological polar surface area (TPSA) is 101 Å². The fourth-order valence-corrected chi connectivity index (χ4v) is 4.06. The highest BCUT2D eigenvalue weighted by atomic mass is 32.2. The first-order valence-electron chi connectivity index (χ1n) is 6.75. The zero-order chi connectivity index (χ0) is 15.5. The van der Waals surface area contributed by atoms with Crippen LogP contribution in [-0.4, -0.2) is 42.4 Å². The molecule has 1 N–H and O–H groups in total. The molecule has 0 aromatic heterocycles. The molecule has 0 unspecified atom stereocenters. The number of hydrogen-bond donors (Lipinski definition) is 1. The van der Waals surface area contributed by atoms with Gasteiger partial charge in [-0.15, -0.1) is 0 Å². The molecule has 21 heavy (non-hydrogen) atoms. The molecule has 0 spiro atoms. The third-order valence-corrected chi connectivity index (χ3v) is 5.58. The summed E-state index contributed by atoms with van der Waals surface area (Å²) in [6.07, 6.45) is 1.24. The van der Waals surface area contributed by atoms with Crippen LogP contribution in [0.2, 0.25) is 0 Å². The van der Waals surface area contributed by atoms with Crippen LogP contribution in [0.4, 0.5) is 5.69 Å². The van der Waals surface area contributed by atoms with E-state index in [1.807, 2.05) is 0 Å². The van der Waals surface area contributed by atoms with Crippen molar-refractivity contribution in [2.75, 3.05) is 19.7 Å². The molecule has 1 aromatic rings. The number of piperidine rings is 1. The predicted molar refractivity (Wildman–Crippen MR) is 77.1 cm³/mol. The smallest absolute Gasteiger partial charge is 0.273 e. The highest BCUT2D eigenvalue weighted by Gasteiger charge is 2.29. The van der Waals surface area contributed by atoms with Gasteiger partial charge in [-0.05, 0) is 18.8 Å². The number of rotatable bonds is 5. The lowest BCUT2D eigenvalue weighted by molar-refractivity contribution is -0.385. The van der Waals surface area contributed by atoms with E-state index in [1.165, 1.54) is 22.5 Å². The first-order chi connectivity index (χ1) is 9.94. The average Bonchev–Trinajstić information content (AvgIpc) is 2.47. The van der Waals surface area contributed by atoms with Gasteiger partial charge < -0.3 is 5.11 Å². The van der Waals surface area contributed by atoms with Gasteiger partial charge in [0.05, 0.1) is 10.7 Å². The minimum Gasteiger partial charge on any atom is -0.396 e. The molecule has 1 aromatic carbocycles. The Morgan fingerprint density at radius 3 is 2.48 bits per heavy atom. The summed E-state index contributed by atoms with van der Waals surface area (Å²) < 4.78 is 26.1. The van der Waals surface area contributed by atoms with Crippen LogP contribution in [0.5, 0.6) is 0 Å². The molecule has 1 fully saturated rings. The molecule has 0 radical (unpaired) electrons. The van der Waals surface area contributed by atoms with Gasteiger partial charge >= 0.3 is 0 Å². The van der Waals surface area contributed by atoms with Gasteiger partial charge in [0.1, 0.15) is 0 Å². The molecule has 1 aliphatic rings. The summed E-state index contributed by atoms with van der Waals surface area (Å²) in [6.45, 7) is 0.778. The van der Waals surface area contributed by atoms with Crippen LogP contribution in [-0.2, 0) is 15.8 Å². The van der Waals surface area contributed by atoms with Crippen LogP contribution in [0.3, 0.4) is 0 Å². The van der Waals surface area contributed by atoms with Gasteiger partial charge in [-0.1, -0.05) is 18.2 Å². The molecular weight excluding hydrogens is 296 g/mol. The highest BCUT2D eigenvalue weighted by Crippen LogP contribution is 2.24. The average molecular weight is 314 g/mol. The van der Waals surface area contributed by atoms with Crippen LogP contribution in [0.1, 0.15) is 18.4 Å². The normalized spacial score (nSPS) is 17.8. The number of nitro benzene ring substituents is 1. The monoisotopic (exact) mass is 314 g/mol. The van der Waals surface area contributed by atoms with E-state index >= 15 is 0 Å². The van der Waals surface area contributed by atoms with Crippen molar-refractivity contribution in [1.82, 2.24) is 4.31 Å². The third-order valence-electron chi connectivity index (χ3n) is 3.75. The van der Waals surface area contributed by atoms with Gasteiger partial charge in [0, 0.05) is 31.3 Å². The standard InChI is InChI=1S/C13H18N2O5S/c16-9-11-5-7-14(8-6-11)21(19,20)10-12-3-1-2-4-13(12)15(17)18/h1-4,11,16H,5-10H2. The number of aliphatic hydroxyl groups is 1. The van der Waals surface area contributed by atoms with E-state index in [1.54, 1.807) is 6.07 Å². The minimum atomic E-state index is -3.58. The van der Waals surface area contributed by atoms with Crippen molar-refractivity contribution in [3.05, 3.63) is 39.9 Å². The number of nitro groups is 1. The van der Waals surface area contributed by atoms with E-state index in [9.17, 15) is 18.5 Å². The SMILES string of the molecule is O=[N+]([O-])c1ccccc1CS(=O)(=O)N1CCC(CO)CC1. The molecule has 1 aliphatic heterocycles. The van der Waals surface area contributed by atoms with Crippen LogP contribution >= 0.6 is 0 Å². The van der Waals surface area contributed by atoms with Crippen molar-refractivity contribution in [1.29, 1.82) is 0 Å². The van der Waals surface area contributed by atoms with Crippen molar-refractivity contribution in [2.45, 2.75) is 18.6 Å². The molecule has 7 nitrogen and oxygen atoms in total. The van der Waals surface area contributed by atoms with Crippen molar-refractivity contribution < 1.29 is 18.4 Å². The summed E-state index contributed by atoms with van der Waals surface area (Å²) in [5.41, 5.74) is 0.0260. The van der Waals surface area contributed by atoms with Crippen molar-refractivity contribution in [3.63, 3.8) is 0 Å². The Kier molecular flexibility index (Phi) is 4.92. The molecule has 8 heteroatoms. The molecule has 0 amide bonds. The van der Waals surface area contributed by atoms with E-state index in [4.69, 9.17) is 5.11 Å². The second-order valence-electron chi connectivity index (χ2n) is 5.17. The lowest BCUT2D eigenvalue weighted by Gasteiger charge is -2.30. The Morgan fingerprint density at radius 1 is 1.29 bits per heavy atom. The molecule has 0 bridgehead atoms. The molecule has 116 valence electrons. The summed E-state index contributed by atoms with van der Waals surface area (Å²) in [4.78, 5) is 10.4. The Hall–Kier alpha value is -1.51. The number of hydrogen-bond acceptors (Lipinski definition) is 5. The number of benzene rings is 1. The van der Waals surface area contributed by atoms with Crippen LogP contribution in [0.25, 0.3) is 0 Å². The Bertz CT molecular complexity index is 609. The van der Waals surface area contributed by atoms with E-state index < -0.39 is 14.9 Å². The van der Waals surface area contributed by atoms with Crippen LogP contribution < -0.4 is 0 Å². The fourth-order valence-electron chi connectivity index (χ4n) is 2.47. The molecule has 0 saturated carbocycles. The van der Waals surface area contributed by atoms with Gasteiger partial charge in [-0.3, -0.25) is 10.1 Å². The zero-order valence-electron chi connectivity index (χ0n) is 11.5. The van der Waals surface area contributed by atoms with Gasteiger partial charge in [-0.2, -0.15) is 0 Å². The first kappa shape index (κ1) is 15.9. The van der Waals surface area contributed by atoms with E-state index in [0.29, 0.717) is 25.9 Å². The van der Waals surface area contributed by atoms with E-state index in [0.717, 1.165) is 0 Å². The summed E-state index contributed by atoms with van der Waals surface area (Å²) >= 11 is 0. The van der Waals surface area contributed by atoms with Gasteiger partial charge in [-0.25, -0.2) is 12.7 Å². The number of nitrogens with zero attached hydrogens (tertiary/aromatic N) is 2. The van der Waals surface area contributed by atoms with E-state index in [2.05, 4.69) is 0 Å². The highest BCUT2D eigenvalue weighted by molar-refractivity contribution is 7.88. The Balaban J connectivity index is 2.13. The summed E-state index contributed by atoms with van der Waals surface area (Å²) in [5.74, 6) is -0.226. The quantitative estimate of drug-likeness (QED) is 0.648. The third kappa shape index (κ3) is 3.78. The van der Waals surface area contributed by atoms with E-state index in [-0.39, 0.29) is 29.5 Å². The van der Waals surface area contributed by atoms with Crippen LogP contribution in [0.15, 0.2) is 24.3 Å². The lowest BCUT2D eigenvalue weighted by Crippen LogP contribution is -2.39. The Morgan fingerprint density at radius 2 is 1.90 bits per heavy atom. The zero-order valence-corrected chi connectivity index (χ0v) is 12.3. The maximum Gasteiger partial charge on any atom is 0.273 e. The maximum atomic E-state index is 12.4. The van der Waals surface area contributed by atoms with Crippen LogP contribution in [0, 0.1) is 16.0 Å². The first-order valence-corrected chi connectivity index (χ1v) is 8.36. The number of para-hydroxylation sites is 1. The largest absolute Gasteiger partial charge is 0.396 e. The maximum absolute atomic E-state index is 12.4. The summed E-state index contributed by atoms with van der Waals surface area (Å²) in [6, 6.07) is 5.88. The summed E-state index contributed by atoms with van der Waals surface area (Å²) in [5, 5.41) is 20.0. The molecule has 1 saturated heterocycles. The van der Waals surface area contributed by atoms with Gasteiger partial charge in [0.15, 0.2) is 0 Å². The predicted octanol–water partition coefficient (Wildman–Crippen LogP) is 1.13.